The number of nitrogens with two attached hydrogens (primary N) is 1. The Kier molecular flexibility index (Phi) is 11.8. The second kappa shape index (κ2) is 14.8. The number of ether oxygens (including phenoxy) is 2. The number of quaternary nitrogens is 1. The van der Waals surface area contributed by atoms with Crippen LogP contribution in [0.5, 0.6) is 0 Å². The molecule has 41 heavy (non-hydrogen) atoms. The van der Waals surface area contributed by atoms with Crippen molar-refractivity contribution in [3.63, 3.8) is 0 Å². The molecule has 0 radical (unpaired) electrons. The van der Waals surface area contributed by atoms with E-state index >= 15 is 0 Å². The molecule has 0 unspecified atom stereocenters. The number of hydrogen-bond acceptors (Lipinski definition) is 8. The summed E-state index contributed by atoms with van der Waals surface area (Å²) < 4.78 is 34.5. The first-order chi connectivity index (χ1) is 19.3. The molecule has 0 aromatic heterocycles. The molecule has 2 aliphatic carbocycles. The Morgan fingerprint density at radius 3 is 2.05 bits per heavy atom. The van der Waals surface area contributed by atoms with Gasteiger partial charge in [-0.25, -0.2) is 13.2 Å². The molecule has 1 heterocycles. The Balaban J connectivity index is 0.000000294. The number of aliphatic carboxylic acids is 1. The van der Waals surface area contributed by atoms with Crippen molar-refractivity contribution in [1.82, 2.24) is 5.32 Å². The molecule has 10 nitrogen and oxygen atoms in total. The van der Waals surface area contributed by atoms with Crippen molar-refractivity contribution in [1.29, 1.82) is 0 Å². The zero-order valence-electron chi connectivity index (χ0n) is 24.4. The molecule has 1 aliphatic heterocycles. The SMILES string of the molecule is C1CCC([NH2+]C2CCCCC2)CC1.CC(C)(C)OC(=O)C[C@H](NC(=O)OCC1=Cc2ccccc2S1(=O)=O)C(=O)[O-]. The van der Waals surface area contributed by atoms with Crippen molar-refractivity contribution in [3.8, 4) is 0 Å². The lowest BCUT2D eigenvalue weighted by molar-refractivity contribution is -0.725. The number of sulfone groups is 1. The Labute approximate surface area is 243 Å². The summed E-state index contributed by atoms with van der Waals surface area (Å²) in [6, 6.07) is 6.58. The monoisotopic (exact) mass is 592 g/mol. The van der Waals surface area contributed by atoms with Gasteiger partial charge in [-0.3, -0.25) is 4.79 Å². The molecule has 1 atom stereocenters. The zero-order chi connectivity index (χ0) is 30.0. The highest BCUT2D eigenvalue weighted by Gasteiger charge is 2.30. The lowest BCUT2D eigenvalue weighted by atomic mass is 9.91. The van der Waals surface area contributed by atoms with E-state index in [1.54, 1.807) is 39.0 Å². The van der Waals surface area contributed by atoms with Gasteiger partial charge in [-0.1, -0.05) is 31.0 Å². The Morgan fingerprint density at radius 2 is 1.54 bits per heavy atom. The van der Waals surface area contributed by atoms with Crippen LogP contribution in [0.4, 0.5) is 4.79 Å². The average molecular weight is 593 g/mol. The van der Waals surface area contributed by atoms with Gasteiger partial charge in [-0.15, -0.1) is 0 Å². The molecular formula is C30H44N2O8S. The van der Waals surface area contributed by atoms with E-state index < -0.39 is 52.5 Å². The highest BCUT2D eigenvalue weighted by atomic mass is 32.2. The third kappa shape index (κ3) is 10.5. The van der Waals surface area contributed by atoms with Crippen molar-refractivity contribution in [2.45, 2.75) is 120 Å². The van der Waals surface area contributed by atoms with Crippen LogP contribution in [0.1, 0.15) is 97.0 Å². The highest BCUT2D eigenvalue weighted by molar-refractivity contribution is 7.95. The number of benzene rings is 1. The van der Waals surface area contributed by atoms with Gasteiger partial charge in [-0.2, -0.15) is 0 Å². The summed E-state index contributed by atoms with van der Waals surface area (Å²) in [4.78, 5) is 34.7. The standard InChI is InChI=1S/C18H21NO8S.C12H23N/c1-18(2,3)27-15(20)9-13(16(21)22)19-17(23)26-10-12-8-11-6-4-5-7-14(11)28(12,24)25;1-3-7-11(8-4-1)13-12-9-5-2-6-10-12/h4-8,13H,9-10H2,1-3H3,(H,19,23)(H,21,22);11-13H,1-10H2/t13-;/m0./s1. The lowest BCUT2D eigenvalue weighted by Crippen LogP contribution is -2.95. The third-order valence-electron chi connectivity index (χ3n) is 7.43. The number of fused-ring (bicyclic) bond motifs is 1. The van der Waals surface area contributed by atoms with Crippen LogP contribution in [0.25, 0.3) is 6.08 Å². The topological polar surface area (TPSA) is 156 Å². The van der Waals surface area contributed by atoms with Gasteiger partial charge in [0.25, 0.3) is 0 Å². The van der Waals surface area contributed by atoms with E-state index in [-0.39, 0.29) is 9.80 Å². The number of nitrogens with one attached hydrogen (secondary N) is 1. The van der Waals surface area contributed by atoms with Crippen LogP contribution in [0, 0.1) is 0 Å². The zero-order valence-corrected chi connectivity index (χ0v) is 25.2. The van der Waals surface area contributed by atoms with Gasteiger partial charge < -0.3 is 30.0 Å². The molecular weight excluding hydrogens is 548 g/mol. The predicted octanol–water partition coefficient (Wildman–Crippen LogP) is 2.61. The van der Waals surface area contributed by atoms with E-state index in [4.69, 9.17) is 9.47 Å². The molecule has 3 aliphatic rings. The molecule has 1 aromatic rings. The van der Waals surface area contributed by atoms with E-state index in [1.165, 1.54) is 76.4 Å². The van der Waals surface area contributed by atoms with Gasteiger partial charge in [-0.05, 0) is 89.8 Å². The Morgan fingerprint density at radius 1 is 0.976 bits per heavy atom. The third-order valence-corrected chi connectivity index (χ3v) is 9.30. The number of carbonyl (C=O) groups excluding carboxylic acids is 3. The number of esters is 1. The van der Waals surface area contributed by atoms with Gasteiger partial charge in [0.05, 0.1) is 40.3 Å². The summed E-state index contributed by atoms with van der Waals surface area (Å²) in [5.74, 6) is -2.55. The van der Waals surface area contributed by atoms with Crippen molar-refractivity contribution in [2.75, 3.05) is 6.61 Å². The number of carboxylic acids is 1. The van der Waals surface area contributed by atoms with E-state index in [0.717, 1.165) is 12.1 Å². The highest BCUT2D eigenvalue weighted by Crippen LogP contribution is 2.32. The van der Waals surface area contributed by atoms with Crippen LogP contribution in [0.3, 0.4) is 0 Å². The van der Waals surface area contributed by atoms with Crippen molar-refractivity contribution in [3.05, 3.63) is 34.7 Å². The molecule has 4 rings (SSSR count). The van der Waals surface area contributed by atoms with Gasteiger partial charge in [0, 0.05) is 0 Å². The first-order valence-corrected chi connectivity index (χ1v) is 16.1. The number of hydrogen-bond donors (Lipinski definition) is 2. The maximum absolute atomic E-state index is 12.4. The van der Waals surface area contributed by atoms with Crippen LogP contribution in [-0.2, 0) is 28.9 Å². The van der Waals surface area contributed by atoms with Crippen LogP contribution < -0.4 is 15.7 Å². The largest absolute Gasteiger partial charge is 0.548 e. The molecule has 0 bridgehead atoms. The number of carboxylic acid groups (broad SMARTS) is 1. The summed E-state index contributed by atoms with van der Waals surface area (Å²) in [5.41, 5.74) is -0.356. The molecule has 11 heteroatoms. The summed E-state index contributed by atoms with van der Waals surface area (Å²) in [6.07, 6.45) is 14.5. The summed E-state index contributed by atoms with van der Waals surface area (Å²) in [6.45, 7) is 4.23. The predicted molar refractivity (Wildman–Crippen MR) is 151 cm³/mol. The van der Waals surface area contributed by atoms with Gasteiger partial charge in [0.2, 0.25) is 9.84 Å². The van der Waals surface area contributed by atoms with Gasteiger partial charge >= 0.3 is 12.1 Å². The maximum Gasteiger partial charge on any atom is 0.408 e. The molecule has 2 saturated carbocycles. The molecule has 0 saturated heterocycles. The number of carbonyl (C=O) groups is 3. The van der Waals surface area contributed by atoms with Crippen molar-refractivity contribution >= 4 is 33.9 Å². The fraction of sp³-hybridized carbons (Fsp3) is 0.633. The minimum Gasteiger partial charge on any atom is -0.548 e. The molecule has 2 fully saturated rings. The first kappa shape index (κ1) is 32.6. The fourth-order valence-electron chi connectivity index (χ4n) is 5.46. The minimum absolute atomic E-state index is 0.103. The van der Waals surface area contributed by atoms with Crippen LogP contribution >= 0.6 is 0 Å². The molecule has 228 valence electrons. The normalized spacial score (nSPS) is 19.5. The summed E-state index contributed by atoms with van der Waals surface area (Å²) in [5, 5.41) is 15.8. The van der Waals surface area contributed by atoms with E-state index in [1.807, 2.05) is 5.32 Å². The smallest absolute Gasteiger partial charge is 0.408 e. The molecule has 0 spiro atoms. The van der Waals surface area contributed by atoms with Gasteiger partial charge in [0.15, 0.2) is 0 Å². The number of alkyl carbamates (subject to hydrolysis) is 1. The minimum atomic E-state index is -3.77. The van der Waals surface area contributed by atoms with Crippen molar-refractivity contribution in [2.24, 2.45) is 0 Å². The van der Waals surface area contributed by atoms with Crippen LogP contribution in [0.2, 0.25) is 0 Å². The van der Waals surface area contributed by atoms with E-state index in [0.29, 0.717) is 5.56 Å². The van der Waals surface area contributed by atoms with Crippen LogP contribution in [0.15, 0.2) is 34.1 Å². The lowest BCUT2D eigenvalue weighted by Gasteiger charge is -2.27. The van der Waals surface area contributed by atoms with Crippen molar-refractivity contribution < 1.29 is 42.7 Å². The number of amides is 1. The van der Waals surface area contributed by atoms with Gasteiger partial charge in [0.1, 0.15) is 12.2 Å². The van der Waals surface area contributed by atoms with Crippen LogP contribution in [-0.4, -0.2) is 56.8 Å². The Hall–Kier alpha value is -2.92. The van der Waals surface area contributed by atoms with E-state index in [9.17, 15) is 27.9 Å². The fourth-order valence-corrected chi connectivity index (χ4v) is 6.93. The molecule has 3 N–H and O–H groups in total. The second-order valence-electron chi connectivity index (χ2n) is 12.0. The molecule has 1 aromatic carbocycles. The summed E-state index contributed by atoms with van der Waals surface area (Å²) >= 11 is 0. The van der Waals surface area contributed by atoms with E-state index in [2.05, 4.69) is 5.32 Å². The maximum atomic E-state index is 12.4. The molecule has 1 amide bonds. The first-order valence-electron chi connectivity index (χ1n) is 14.6. The quantitative estimate of drug-likeness (QED) is 0.437. The Bertz CT molecular complexity index is 1180. The second-order valence-corrected chi connectivity index (χ2v) is 14.0. The summed E-state index contributed by atoms with van der Waals surface area (Å²) in [7, 11) is -3.77. The number of rotatable bonds is 8. The average Bonchev–Trinajstić information content (AvgIpc) is 3.17.